The summed E-state index contributed by atoms with van der Waals surface area (Å²) in [4.78, 5) is 0. The first-order chi connectivity index (χ1) is 8.60. The van der Waals surface area contributed by atoms with Gasteiger partial charge in [-0.2, -0.15) is 5.26 Å². The Labute approximate surface area is 104 Å². The summed E-state index contributed by atoms with van der Waals surface area (Å²) in [6, 6.07) is 5.31. The number of nitrogens with zero attached hydrogens (tertiary/aromatic N) is 1. The molecule has 1 saturated heterocycles. The van der Waals surface area contributed by atoms with E-state index < -0.39 is 28.7 Å². The van der Waals surface area contributed by atoms with Crippen LogP contribution in [0.4, 0.5) is 8.78 Å². The average molecular weight is 253 g/mol. The van der Waals surface area contributed by atoms with Crippen LogP contribution in [0.1, 0.15) is 24.5 Å². The summed E-state index contributed by atoms with van der Waals surface area (Å²) in [5.74, 6) is -1.69. The van der Waals surface area contributed by atoms with E-state index in [4.69, 9.17) is 4.74 Å². The molecule has 2 rings (SSSR count). The van der Waals surface area contributed by atoms with Crippen molar-refractivity contribution in [3.05, 3.63) is 35.4 Å². The maximum atomic E-state index is 13.6. The minimum Gasteiger partial charge on any atom is -0.386 e. The number of hydrogen-bond donors (Lipinski definition) is 1. The fraction of sp³-hybridized carbons (Fsp3) is 0.462. The van der Waals surface area contributed by atoms with Crippen LogP contribution in [0.2, 0.25) is 0 Å². The molecule has 5 heteroatoms. The van der Waals surface area contributed by atoms with Crippen molar-refractivity contribution in [1.82, 2.24) is 0 Å². The van der Waals surface area contributed by atoms with Crippen molar-refractivity contribution < 1.29 is 18.6 Å². The number of hydrogen-bond acceptors (Lipinski definition) is 3. The van der Waals surface area contributed by atoms with Gasteiger partial charge in [-0.15, -0.1) is 0 Å². The number of rotatable bonds is 2. The second kappa shape index (κ2) is 5.01. The molecule has 0 bridgehead atoms. The zero-order valence-electron chi connectivity index (χ0n) is 9.70. The number of benzene rings is 1. The third-order valence-electron chi connectivity index (χ3n) is 3.29. The van der Waals surface area contributed by atoms with Crippen LogP contribution in [0.3, 0.4) is 0 Å². The molecular formula is C13H13F2NO2. The topological polar surface area (TPSA) is 53.2 Å². The van der Waals surface area contributed by atoms with Gasteiger partial charge in [0.25, 0.3) is 0 Å². The van der Waals surface area contributed by atoms with Crippen LogP contribution in [0.15, 0.2) is 18.2 Å². The van der Waals surface area contributed by atoms with E-state index in [1.54, 1.807) is 0 Å². The quantitative estimate of drug-likeness (QED) is 0.880. The zero-order valence-corrected chi connectivity index (χ0v) is 9.70. The number of aliphatic hydroxyl groups excluding tert-OH is 1. The Bertz CT molecular complexity index is 458. The van der Waals surface area contributed by atoms with E-state index in [1.807, 2.05) is 6.07 Å². The molecule has 0 saturated carbocycles. The van der Waals surface area contributed by atoms with Crippen LogP contribution in [0.25, 0.3) is 0 Å². The van der Waals surface area contributed by atoms with Gasteiger partial charge in [0.15, 0.2) is 0 Å². The average Bonchev–Trinajstić information content (AvgIpc) is 2.39. The van der Waals surface area contributed by atoms with Crippen LogP contribution < -0.4 is 0 Å². The second-order valence-corrected chi connectivity index (χ2v) is 4.46. The lowest BCUT2D eigenvalue weighted by atomic mass is 9.76. The summed E-state index contributed by atoms with van der Waals surface area (Å²) in [6.07, 6.45) is -0.580. The molecule has 3 nitrogen and oxygen atoms in total. The fourth-order valence-corrected chi connectivity index (χ4v) is 2.23. The standard InChI is InChI=1S/C13H13F2NO2/c14-9-3-1-4-10(15)11(9)12(17)13(7-16)5-2-6-18-8-13/h1,3-4,12,17H,2,5-6,8H2. The smallest absolute Gasteiger partial charge is 0.132 e. The molecule has 96 valence electrons. The lowest BCUT2D eigenvalue weighted by Gasteiger charge is -2.35. The molecule has 2 atom stereocenters. The van der Waals surface area contributed by atoms with Gasteiger partial charge in [0.2, 0.25) is 0 Å². The minimum absolute atomic E-state index is 0.0154. The molecule has 0 aromatic heterocycles. The Morgan fingerprint density at radius 1 is 1.39 bits per heavy atom. The predicted octanol–water partition coefficient (Wildman–Crippen LogP) is 2.32. The van der Waals surface area contributed by atoms with Gasteiger partial charge in [0.05, 0.1) is 18.2 Å². The van der Waals surface area contributed by atoms with Gasteiger partial charge >= 0.3 is 0 Å². The number of ether oxygens (including phenoxy) is 1. The molecule has 1 aromatic rings. The maximum absolute atomic E-state index is 13.6. The van der Waals surface area contributed by atoms with Gasteiger partial charge < -0.3 is 9.84 Å². The van der Waals surface area contributed by atoms with Crippen LogP contribution in [0.5, 0.6) is 0 Å². The third-order valence-corrected chi connectivity index (χ3v) is 3.29. The first-order valence-electron chi connectivity index (χ1n) is 5.72. The Morgan fingerprint density at radius 3 is 2.56 bits per heavy atom. The van der Waals surface area contributed by atoms with Crippen LogP contribution in [-0.2, 0) is 4.74 Å². The minimum atomic E-state index is -1.52. The summed E-state index contributed by atoms with van der Waals surface area (Å²) in [5, 5.41) is 19.4. The van der Waals surface area contributed by atoms with E-state index in [0.29, 0.717) is 19.4 Å². The summed E-state index contributed by atoms with van der Waals surface area (Å²) < 4.78 is 32.4. The number of nitriles is 1. The van der Waals surface area contributed by atoms with E-state index in [-0.39, 0.29) is 6.61 Å². The first-order valence-corrected chi connectivity index (χ1v) is 5.72. The predicted molar refractivity (Wildman–Crippen MR) is 59.4 cm³/mol. The lowest BCUT2D eigenvalue weighted by Crippen LogP contribution is -2.37. The molecule has 1 aliphatic rings. The van der Waals surface area contributed by atoms with E-state index in [0.717, 1.165) is 12.1 Å². The molecule has 0 spiro atoms. The van der Waals surface area contributed by atoms with E-state index in [1.165, 1.54) is 6.07 Å². The molecule has 1 aromatic carbocycles. The van der Waals surface area contributed by atoms with Crippen molar-refractivity contribution in [1.29, 1.82) is 5.26 Å². The maximum Gasteiger partial charge on any atom is 0.132 e. The molecular weight excluding hydrogens is 240 g/mol. The molecule has 18 heavy (non-hydrogen) atoms. The number of aliphatic hydroxyl groups is 1. The third kappa shape index (κ3) is 2.09. The monoisotopic (exact) mass is 253 g/mol. The first kappa shape index (κ1) is 12.9. The highest BCUT2D eigenvalue weighted by molar-refractivity contribution is 5.26. The van der Waals surface area contributed by atoms with E-state index in [9.17, 15) is 19.1 Å². The molecule has 1 fully saturated rings. The van der Waals surface area contributed by atoms with Gasteiger partial charge in [-0.05, 0) is 25.0 Å². The normalized spacial score (nSPS) is 25.4. The molecule has 2 unspecified atom stereocenters. The summed E-state index contributed by atoms with van der Waals surface area (Å²) >= 11 is 0. The second-order valence-electron chi connectivity index (χ2n) is 4.46. The highest BCUT2D eigenvalue weighted by atomic mass is 19.1. The summed E-state index contributed by atoms with van der Waals surface area (Å²) in [7, 11) is 0. The van der Waals surface area contributed by atoms with Crippen molar-refractivity contribution in [3.8, 4) is 6.07 Å². The van der Waals surface area contributed by atoms with E-state index >= 15 is 0 Å². The highest BCUT2D eigenvalue weighted by Crippen LogP contribution is 2.41. The van der Waals surface area contributed by atoms with Gasteiger partial charge in [-0.3, -0.25) is 0 Å². The Kier molecular flexibility index (Phi) is 3.60. The molecule has 0 radical (unpaired) electrons. The molecule has 1 aliphatic heterocycles. The van der Waals surface area contributed by atoms with Gasteiger partial charge in [-0.25, -0.2) is 8.78 Å². The molecule has 0 aliphatic carbocycles. The molecule has 1 heterocycles. The fourth-order valence-electron chi connectivity index (χ4n) is 2.23. The van der Waals surface area contributed by atoms with Crippen LogP contribution >= 0.6 is 0 Å². The van der Waals surface area contributed by atoms with Crippen molar-refractivity contribution in [2.75, 3.05) is 13.2 Å². The van der Waals surface area contributed by atoms with Gasteiger partial charge in [0.1, 0.15) is 23.2 Å². The Balaban J connectivity index is 2.41. The van der Waals surface area contributed by atoms with Crippen molar-refractivity contribution in [2.24, 2.45) is 5.41 Å². The van der Waals surface area contributed by atoms with E-state index in [2.05, 4.69) is 0 Å². The summed E-state index contributed by atoms with van der Waals surface area (Å²) in [5.41, 5.74) is -1.73. The molecule has 1 N–H and O–H groups in total. The zero-order chi connectivity index (χ0) is 13.2. The van der Waals surface area contributed by atoms with Gasteiger partial charge in [-0.1, -0.05) is 6.07 Å². The van der Waals surface area contributed by atoms with Crippen molar-refractivity contribution in [2.45, 2.75) is 18.9 Å². The Hall–Kier alpha value is -1.51. The van der Waals surface area contributed by atoms with Crippen LogP contribution in [0, 0.1) is 28.4 Å². The lowest BCUT2D eigenvalue weighted by molar-refractivity contribution is -0.0529. The number of halogens is 2. The van der Waals surface area contributed by atoms with Crippen molar-refractivity contribution in [3.63, 3.8) is 0 Å². The highest BCUT2D eigenvalue weighted by Gasteiger charge is 2.43. The largest absolute Gasteiger partial charge is 0.386 e. The van der Waals surface area contributed by atoms with Gasteiger partial charge in [0, 0.05) is 6.61 Å². The SMILES string of the molecule is N#CC1(C(O)c2c(F)cccc2F)CCCOC1. The van der Waals surface area contributed by atoms with Crippen LogP contribution in [-0.4, -0.2) is 18.3 Å². The Morgan fingerprint density at radius 2 is 2.06 bits per heavy atom. The molecule has 0 amide bonds. The summed E-state index contributed by atoms with van der Waals surface area (Å²) in [6.45, 7) is 0.481. The van der Waals surface area contributed by atoms with Crippen molar-refractivity contribution >= 4 is 0 Å².